The Balaban J connectivity index is 3.14. The molecule has 0 radical (unpaired) electrons. The molecule has 0 bridgehead atoms. The Bertz CT molecular complexity index is 348. The molecule has 14 heavy (non-hydrogen) atoms. The van der Waals surface area contributed by atoms with Crippen LogP contribution in [0.25, 0.3) is 0 Å². The predicted octanol–water partition coefficient (Wildman–Crippen LogP) is 1.15. The average molecular weight is 194 g/mol. The van der Waals surface area contributed by atoms with E-state index >= 15 is 0 Å². The highest BCUT2D eigenvalue weighted by Crippen LogP contribution is 2.24. The SMILES string of the molecule is CC(C)Oc1cccc(N)c1C(N)=O. The maximum Gasteiger partial charge on any atom is 0.254 e. The molecule has 0 aromatic heterocycles. The molecule has 0 atom stereocenters. The number of carbonyl (C=O) groups excluding carboxylic acids is 1. The molecule has 1 amide bonds. The first kappa shape index (κ1) is 10.4. The Hall–Kier alpha value is -1.71. The van der Waals surface area contributed by atoms with Crippen LogP contribution in [0, 0.1) is 0 Å². The third kappa shape index (κ3) is 2.16. The van der Waals surface area contributed by atoms with Gasteiger partial charge in [0.2, 0.25) is 0 Å². The van der Waals surface area contributed by atoms with Crippen molar-refractivity contribution < 1.29 is 9.53 Å². The van der Waals surface area contributed by atoms with E-state index < -0.39 is 5.91 Å². The van der Waals surface area contributed by atoms with Crippen molar-refractivity contribution in [3.8, 4) is 5.75 Å². The van der Waals surface area contributed by atoms with E-state index in [9.17, 15) is 4.79 Å². The number of hydrogen-bond acceptors (Lipinski definition) is 3. The van der Waals surface area contributed by atoms with Gasteiger partial charge in [-0.1, -0.05) is 6.07 Å². The third-order valence-corrected chi connectivity index (χ3v) is 1.67. The second-order valence-electron chi connectivity index (χ2n) is 3.25. The summed E-state index contributed by atoms with van der Waals surface area (Å²) in [5, 5.41) is 0. The van der Waals surface area contributed by atoms with Gasteiger partial charge in [-0.3, -0.25) is 4.79 Å². The maximum absolute atomic E-state index is 11.1. The molecule has 1 aromatic rings. The Morgan fingerprint density at radius 1 is 1.43 bits per heavy atom. The van der Waals surface area contributed by atoms with Crippen molar-refractivity contribution in [2.75, 3.05) is 5.73 Å². The summed E-state index contributed by atoms with van der Waals surface area (Å²) < 4.78 is 5.41. The Kier molecular flexibility index (Phi) is 2.96. The van der Waals surface area contributed by atoms with Crippen LogP contribution in [0.1, 0.15) is 24.2 Å². The standard InChI is InChI=1S/C10H14N2O2/c1-6(2)14-8-5-3-4-7(11)9(8)10(12)13/h3-6H,11H2,1-2H3,(H2,12,13). The number of primary amides is 1. The highest BCUT2D eigenvalue weighted by molar-refractivity contribution is 6.00. The van der Waals surface area contributed by atoms with E-state index in [1.807, 2.05) is 13.8 Å². The van der Waals surface area contributed by atoms with Gasteiger partial charge in [0, 0.05) is 5.69 Å². The Morgan fingerprint density at radius 2 is 2.07 bits per heavy atom. The first-order valence-corrected chi connectivity index (χ1v) is 4.37. The quantitative estimate of drug-likeness (QED) is 0.708. The minimum Gasteiger partial charge on any atom is -0.490 e. The van der Waals surface area contributed by atoms with E-state index in [-0.39, 0.29) is 11.7 Å². The van der Waals surface area contributed by atoms with E-state index in [1.165, 1.54) is 0 Å². The molecule has 0 spiro atoms. The van der Waals surface area contributed by atoms with Gasteiger partial charge in [0.1, 0.15) is 11.3 Å². The molecular weight excluding hydrogens is 180 g/mol. The molecule has 0 aliphatic carbocycles. The summed E-state index contributed by atoms with van der Waals surface area (Å²) in [5.74, 6) is -0.133. The van der Waals surface area contributed by atoms with Crippen LogP contribution in [0.4, 0.5) is 5.69 Å². The minimum absolute atomic E-state index is 0.0186. The van der Waals surface area contributed by atoms with E-state index in [4.69, 9.17) is 16.2 Å². The fourth-order valence-corrected chi connectivity index (χ4v) is 1.16. The molecule has 1 aromatic carbocycles. The summed E-state index contributed by atoms with van der Waals surface area (Å²) in [6.45, 7) is 3.74. The van der Waals surface area contributed by atoms with Gasteiger partial charge in [-0.2, -0.15) is 0 Å². The zero-order chi connectivity index (χ0) is 10.7. The second-order valence-corrected chi connectivity index (χ2v) is 3.25. The van der Waals surface area contributed by atoms with Gasteiger partial charge >= 0.3 is 0 Å². The zero-order valence-corrected chi connectivity index (χ0v) is 8.28. The lowest BCUT2D eigenvalue weighted by atomic mass is 10.1. The fraction of sp³-hybridized carbons (Fsp3) is 0.300. The lowest BCUT2D eigenvalue weighted by Crippen LogP contribution is -2.17. The maximum atomic E-state index is 11.1. The van der Waals surface area contributed by atoms with Crippen molar-refractivity contribution in [2.45, 2.75) is 20.0 Å². The highest BCUT2D eigenvalue weighted by Gasteiger charge is 2.13. The first-order chi connectivity index (χ1) is 6.52. The van der Waals surface area contributed by atoms with Gasteiger partial charge in [0.05, 0.1) is 6.10 Å². The van der Waals surface area contributed by atoms with E-state index in [2.05, 4.69) is 0 Å². The molecule has 4 nitrogen and oxygen atoms in total. The van der Waals surface area contributed by atoms with Crippen LogP contribution < -0.4 is 16.2 Å². The molecule has 0 heterocycles. The van der Waals surface area contributed by atoms with Crippen LogP contribution in [-0.4, -0.2) is 12.0 Å². The van der Waals surface area contributed by atoms with Gasteiger partial charge in [0.25, 0.3) is 5.91 Å². The minimum atomic E-state index is -0.571. The average Bonchev–Trinajstić information content (AvgIpc) is 2.01. The molecule has 0 saturated carbocycles. The Labute approximate surface area is 82.8 Å². The number of carbonyl (C=O) groups is 1. The number of hydrogen-bond donors (Lipinski definition) is 2. The number of amides is 1. The lowest BCUT2D eigenvalue weighted by Gasteiger charge is -2.13. The summed E-state index contributed by atoms with van der Waals surface area (Å²) in [4.78, 5) is 11.1. The number of benzene rings is 1. The van der Waals surface area contributed by atoms with E-state index in [0.717, 1.165) is 0 Å². The number of nitrogens with two attached hydrogens (primary N) is 2. The van der Waals surface area contributed by atoms with Crippen LogP contribution in [0.2, 0.25) is 0 Å². The van der Waals surface area contributed by atoms with Crippen LogP contribution >= 0.6 is 0 Å². The van der Waals surface area contributed by atoms with Gasteiger partial charge in [-0.25, -0.2) is 0 Å². The number of rotatable bonds is 3. The van der Waals surface area contributed by atoms with Gasteiger partial charge in [0.15, 0.2) is 0 Å². The van der Waals surface area contributed by atoms with Crippen molar-refractivity contribution in [3.05, 3.63) is 23.8 Å². The van der Waals surface area contributed by atoms with Crippen molar-refractivity contribution in [3.63, 3.8) is 0 Å². The molecule has 76 valence electrons. The summed E-state index contributed by atoms with van der Waals surface area (Å²) >= 11 is 0. The van der Waals surface area contributed by atoms with Gasteiger partial charge in [-0.15, -0.1) is 0 Å². The third-order valence-electron chi connectivity index (χ3n) is 1.67. The van der Waals surface area contributed by atoms with E-state index in [0.29, 0.717) is 11.4 Å². The molecule has 0 aliphatic rings. The molecule has 4 N–H and O–H groups in total. The van der Waals surface area contributed by atoms with Gasteiger partial charge in [-0.05, 0) is 26.0 Å². The molecule has 0 saturated heterocycles. The van der Waals surface area contributed by atoms with Crippen molar-refractivity contribution in [2.24, 2.45) is 5.73 Å². The van der Waals surface area contributed by atoms with Crippen LogP contribution in [-0.2, 0) is 0 Å². The zero-order valence-electron chi connectivity index (χ0n) is 8.28. The lowest BCUT2D eigenvalue weighted by molar-refractivity contribution is 0.0995. The van der Waals surface area contributed by atoms with Crippen LogP contribution in [0.5, 0.6) is 5.75 Å². The smallest absolute Gasteiger partial charge is 0.254 e. The van der Waals surface area contributed by atoms with Crippen LogP contribution in [0.15, 0.2) is 18.2 Å². The van der Waals surface area contributed by atoms with Crippen molar-refractivity contribution >= 4 is 11.6 Å². The normalized spacial score (nSPS) is 10.2. The number of anilines is 1. The molecule has 0 unspecified atom stereocenters. The summed E-state index contributed by atoms with van der Waals surface area (Å²) in [5.41, 5.74) is 11.4. The summed E-state index contributed by atoms with van der Waals surface area (Å²) in [7, 11) is 0. The molecule has 1 rings (SSSR count). The van der Waals surface area contributed by atoms with Gasteiger partial charge < -0.3 is 16.2 Å². The first-order valence-electron chi connectivity index (χ1n) is 4.37. The topological polar surface area (TPSA) is 78.3 Å². The number of nitrogen functional groups attached to an aromatic ring is 1. The second kappa shape index (κ2) is 4.00. The fourth-order valence-electron chi connectivity index (χ4n) is 1.16. The number of ether oxygens (including phenoxy) is 1. The molecule has 0 fully saturated rings. The molecule has 0 aliphatic heterocycles. The molecular formula is C10H14N2O2. The molecule has 4 heteroatoms. The van der Waals surface area contributed by atoms with E-state index in [1.54, 1.807) is 18.2 Å². The summed E-state index contributed by atoms with van der Waals surface area (Å²) in [6.07, 6.45) is -0.0186. The monoisotopic (exact) mass is 194 g/mol. The summed E-state index contributed by atoms with van der Waals surface area (Å²) in [6, 6.07) is 5.02. The van der Waals surface area contributed by atoms with Crippen molar-refractivity contribution in [1.29, 1.82) is 0 Å². The highest BCUT2D eigenvalue weighted by atomic mass is 16.5. The van der Waals surface area contributed by atoms with Crippen molar-refractivity contribution in [1.82, 2.24) is 0 Å². The largest absolute Gasteiger partial charge is 0.490 e. The van der Waals surface area contributed by atoms with Crippen LogP contribution in [0.3, 0.4) is 0 Å². The predicted molar refractivity (Wildman–Crippen MR) is 55.1 cm³/mol. The Morgan fingerprint density at radius 3 is 2.57 bits per heavy atom.